The van der Waals surface area contributed by atoms with Gasteiger partial charge in [-0.05, 0) is 19.9 Å². The summed E-state index contributed by atoms with van der Waals surface area (Å²) < 4.78 is 11.0. The molecule has 0 aromatic rings. The van der Waals surface area contributed by atoms with Crippen molar-refractivity contribution < 1.29 is 9.47 Å². The van der Waals surface area contributed by atoms with Crippen molar-refractivity contribution in [2.45, 2.75) is 24.4 Å². The summed E-state index contributed by atoms with van der Waals surface area (Å²) in [7, 11) is 5.79. The van der Waals surface area contributed by atoms with Crippen molar-refractivity contribution in [3.8, 4) is 0 Å². The molecule has 12 heavy (non-hydrogen) atoms. The highest BCUT2D eigenvalue weighted by Crippen LogP contribution is 2.28. The van der Waals surface area contributed by atoms with Crippen LogP contribution in [0.15, 0.2) is 0 Å². The van der Waals surface area contributed by atoms with Crippen LogP contribution in [0, 0.1) is 0 Å². The van der Waals surface area contributed by atoms with Crippen LogP contribution in [-0.2, 0) is 9.47 Å². The van der Waals surface area contributed by atoms with E-state index in [1.807, 2.05) is 7.05 Å². The van der Waals surface area contributed by atoms with E-state index in [-0.39, 0.29) is 5.60 Å². The Labute approximate surface area is 75.2 Å². The maximum Gasteiger partial charge on any atom is 0.139 e. The van der Waals surface area contributed by atoms with Crippen LogP contribution in [0.2, 0.25) is 0 Å². The minimum absolute atomic E-state index is 0.0666. The quantitative estimate of drug-likeness (QED) is 0.570. The van der Waals surface area contributed by atoms with Gasteiger partial charge < -0.3 is 14.8 Å². The molecule has 0 aliphatic carbocycles. The van der Waals surface area contributed by atoms with Gasteiger partial charge in [-0.2, -0.15) is 0 Å². The lowest BCUT2D eigenvalue weighted by Crippen LogP contribution is -2.43. The molecule has 70 valence electrons. The molecular formula is C8H18BNO2. The maximum atomic E-state index is 5.84. The average molecular weight is 171 g/mol. The normalized spacial score (nSPS) is 35.7. The van der Waals surface area contributed by atoms with Crippen molar-refractivity contribution in [2.24, 2.45) is 0 Å². The molecule has 1 aliphatic heterocycles. The van der Waals surface area contributed by atoms with Gasteiger partial charge in [-0.3, -0.25) is 0 Å². The standard InChI is InChI=1S/C8H18BNO2/c1-10-5-8(6-11-2)4-3-7(9)12-8/h7,10H,3-6,9H2,1-2H3/t7-,8-/m1/s1. The Morgan fingerprint density at radius 2 is 2.50 bits per heavy atom. The van der Waals surface area contributed by atoms with E-state index in [1.165, 1.54) is 0 Å². The van der Waals surface area contributed by atoms with Crippen molar-refractivity contribution in [1.82, 2.24) is 5.32 Å². The van der Waals surface area contributed by atoms with Crippen molar-refractivity contribution in [1.29, 1.82) is 0 Å². The van der Waals surface area contributed by atoms with E-state index < -0.39 is 0 Å². The number of hydrogen-bond donors (Lipinski definition) is 1. The Bertz CT molecular complexity index is 132. The van der Waals surface area contributed by atoms with Crippen LogP contribution in [0.1, 0.15) is 12.8 Å². The van der Waals surface area contributed by atoms with Crippen LogP contribution >= 0.6 is 0 Å². The van der Waals surface area contributed by atoms with Crippen LogP contribution < -0.4 is 5.32 Å². The van der Waals surface area contributed by atoms with Crippen LogP contribution in [-0.4, -0.2) is 46.8 Å². The fraction of sp³-hybridized carbons (Fsp3) is 1.00. The zero-order valence-electron chi connectivity index (χ0n) is 8.22. The van der Waals surface area contributed by atoms with Gasteiger partial charge in [0.25, 0.3) is 0 Å². The Morgan fingerprint density at radius 1 is 1.75 bits per heavy atom. The lowest BCUT2D eigenvalue weighted by atomic mass is 9.95. The molecule has 1 N–H and O–H groups in total. The first-order valence-corrected chi connectivity index (χ1v) is 4.54. The molecule has 0 spiro atoms. The Kier molecular flexibility index (Phi) is 3.56. The Morgan fingerprint density at radius 3 is 2.92 bits per heavy atom. The molecule has 0 unspecified atom stereocenters. The van der Waals surface area contributed by atoms with Gasteiger partial charge in [0.05, 0.1) is 6.61 Å². The second-order valence-corrected chi connectivity index (χ2v) is 3.61. The van der Waals surface area contributed by atoms with Gasteiger partial charge in [-0.15, -0.1) is 0 Å². The summed E-state index contributed by atoms with van der Waals surface area (Å²) in [6.07, 6.45) is 2.24. The van der Waals surface area contributed by atoms with Crippen molar-refractivity contribution >= 4 is 7.85 Å². The summed E-state index contributed by atoms with van der Waals surface area (Å²) in [5.74, 6) is 0. The molecule has 0 aromatic carbocycles. The first-order chi connectivity index (χ1) is 5.72. The molecule has 0 saturated carbocycles. The van der Waals surface area contributed by atoms with E-state index in [9.17, 15) is 0 Å². The van der Waals surface area contributed by atoms with Gasteiger partial charge in [0.2, 0.25) is 0 Å². The molecule has 0 amide bonds. The third kappa shape index (κ3) is 2.22. The molecule has 1 saturated heterocycles. The van der Waals surface area contributed by atoms with Crippen LogP contribution in [0.25, 0.3) is 0 Å². The van der Waals surface area contributed by atoms with Gasteiger partial charge in [-0.1, -0.05) is 0 Å². The molecule has 0 aromatic heterocycles. The highest BCUT2D eigenvalue weighted by molar-refractivity contribution is 6.11. The molecular weight excluding hydrogens is 153 g/mol. The van der Waals surface area contributed by atoms with Crippen LogP contribution in [0.3, 0.4) is 0 Å². The van der Waals surface area contributed by atoms with Gasteiger partial charge >= 0.3 is 0 Å². The van der Waals surface area contributed by atoms with Gasteiger partial charge in [0.1, 0.15) is 13.4 Å². The minimum atomic E-state index is -0.0666. The van der Waals surface area contributed by atoms with Crippen molar-refractivity contribution in [3.63, 3.8) is 0 Å². The average Bonchev–Trinajstić information content (AvgIpc) is 2.34. The largest absolute Gasteiger partial charge is 0.382 e. The molecule has 4 heteroatoms. The summed E-state index contributed by atoms with van der Waals surface area (Å²) in [6.45, 7) is 1.57. The summed E-state index contributed by atoms with van der Waals surface area (Å²) in [6, 6.07) is 0.383. The second kappa shape index (κ2) is 4.26. The fourth-order valence-corrected chi connectivity index (χ4v) is 1.88. The topological polar surface area (TPSA) is 30.5 Å². The summed E-state index contributed by atoms with van der Waals surface area (Å²) >= 11 is 0. The smallest absolute Gasteiger partial charge is 0.139 e. The van der Waals surface area contributed by atoms with E-state index in [0.29, 0.717) is 12.6 Å². The molecule has 3 nitrogen and oxygen atoms in total. The summed E-state index contributed by atoms with van der Waals surface area (Å²) in [5, 5.41) is 3.15. The van der Waals surface area contributed by atoms with Crippen LogP contribution in [0.4, 0.5) is 0 Å². The summed E-state index contributed by atoms with van der Waals surface area (Å²) in [5.41, 5.74) is -0.0666. The highest BCUT2D eigenvalue weighted by Gasteiger charge is 2.37. The number of rotatable bonds is 4. The molecule has 0 radical (unpaired) electrons. The van der Waals surface area contributed by atoms with Crippen LogP contribution in [0.5, 0.6) is 0 Å². The van der Waals surface area contributed by atoms with E-state index in [4.69, 9.17) is 9.47 Å². The number of ether oxygens (including phenoxy) is 2. The molecule has 1 rings (SSSR count). The molecule has 0 bridgehead atoms. The molecule has 1 aliphatic rings. The highest BCUT2D eigenvalue weighted by atomic mass is 16.5. The van der Waals surface area contributed by atoms with E-state index in [2.05, 4.69) is 13.2 Å². The molecule has 1 heterocycles. The van der Waals surface area contributed by atoms with Gasteiger partial charge in [0, 0.05) is 19.7 Å². The predicted molar refractivity (Wildman–Crippen MR) is 51.2 cm³/mol. The number of methoxy groups -OCH3 is 1. The minimum Gasteiger partial charge on any atom is -0.382 e. The van der Waals surface area contributed by atoms with E-state index in [0.717, 1.165) is 19.4 Å². The Hall–Kier alpha value is -0.0551. The lowest BCUT2D eigenvalue weighted by Gasteiger charge is -2.28. The maximum absolute atomic E-state index is 5.84. The summed E-state index contributed by atoms with van der Waals surface area (Å²) in [4.78, 5) is 0. The first kappa shape index (κ1) is 10.0. The van der Waals surface area contributed by atoms with Crippen molar-refractivity contribution in [3.05, 3.63) is 0 Å². The predicted octanol–water partition coefficient (Wildman–Crippen LogP) is -0.639. The lowest BCUT2D eigenvalue weighted by molar-refractivity contribution is -0.0595. The Balaban J connectivity index is 2.48. The van der Waals surface area contributed by atoms with E-state index >= 15 is 0 Å². The third-order valence-corrected chi connectivity index (χ3v) is 2.36. The van der Waals surface area contributed by atoms with Gasteiger partial charge in [0.15, 0.2) is 0 Å². The van der Waals surface area contributed by atoms with Crippen molar-refractivity contribution in [2.75, 3.05) is 27.3 Å². The fourth-order valence-electron chi connectivity index (χ4n) is 1.88. The van der Waals surface area contributed by atoms with E-state index in [1.54, 1.807) is 7.11 Å². The zero-order chi connectivity index (χ0) is 9.03. The molecule has 1 fully saturated rings. The first-order valence-electron chi connectivity index (χ1n) is 4.54. The number of nitrogens with one attached hydrogen (secondary N) is 1. The van der Waals surface area contributed by atoms with Gasteiger partial charge in [-0.25, -0.2) is 0 Å². The molecule has 2 atom stereocenters. The zero-order valence-corrected chi connectivity index (χ0v) is 8.22. The SMILES string of the molecule is B[C@H]1CC[C@@](CNC)(COC)O1. The second-order valence-electron chi connectivity index (χ2n) is 3.61. The number of likely N-dealkylation sites (N-methyl/N-ethyl adjacent to an activating group) is 1. The monoisotopic (exact) mass is 171 g/mol. The number of hydrogen-bond acceptors (Lipinski definition) is 3. The third-order valence-electron chi connectivity index (χ3n) is 2.36.